The molecule has 2 aromatic carbocycles. The molecule has 0 bridgehead atoms. The number of rotatable bonds is 9. The molecule has 0 radical (unpaired) electrons. The van der Waals surface area contributed by atoms with Gasteiger partial charge in [0.1, 0.15) is 10.6 Å². The zero-order valence-electron chi connectivity index (χ0n) is 26.8. The molecule has 1 unspecified atom stereocenters. The van der Waals surface area contributed by atoms with Crippen molar-refractivity contribution in [2.24, 2.45) is 0 Å². The maximum Gasteiger partial charge on any atom is 0.410 e. The summed E-state index contributed by atoms with van der Waals surface area (Å²) in [5, 5.41) is 13.5. The Morgan fingerprint density at radius 2 is 1.65 bits per heavy atom. The quantitative estimate of drug-likeness (QED) is 0.0836. The Hall–Kier alpha value is -3.20. The Morgan fingerprint density at radius 3 is 2.24 bits per heavy atom. The monoisotopic (exact) mass is 789 g/mol. The van der Waals surface area contributed by atoms with Gasteiger partial charge in [0.2, 0.25) is 5.91 Å². The Labute approximate surface area is 310 Å². The fourth-order valence-electron chi connectivity index (χ4n) is 4.86. The molecule has 49 heavy (non-hydrogen) atoms. The Kier molecular flexibility index (Phi) is 12.4. The van der Waals surface area contributed by atoms with Crippen LogP contribution in [0.1, 0.15) is 75.6 Å². The van der Waals surface area contributed by atoms with Crippen LogP contribution < -0.4 is 10.6 Å². The Bertz CT molecular complexity index is 1840. The van der Waals surface area contributed by atoms with Gasteiger partial charge in [0.15, 0.2) is 0 Å². The molecule has 2 heterocycles. The number of fused-ring (bicyclic) bond motifs is 1. The highest BCUT2D eigenvalue weighted by atomic mass is 35.5. The molecule has 1 aromatic heterocycles. The number of nitrogens with one attached hydrogen (secondary N) is 2. The first-order valence-electron chi connectivity index (χ1n) is 14.7. The number of hydrogen-bond acceptors (Lipinski definition) is 9. The molecule has 11 nitrogen and oxygen atoms in total. The molecule has 1 aliphatic heterocycles. The van der Waals surface area contributed by atoms with Crippen molar-refractivity contribution in [1.29, 1.82) is 0 Å². The van der Waals surface area contributed by atoms with Gasteiger partial charge in [-0.2, -0.15) is 0 Å². The number of thioether (sulfide) groups is 1. The first-order chi connectivity index (χ1) is 23.0. The minimum atomic E-state index is -1.53. The maximum absolute atomic E-state index is 13.6. The predicted molar refractivity (Wildman–Crippen MR) is 192 cm³/mol. The first kappa shape index (κ1) is 38.6. The van der Waals surface area contributed by atoms with E-state index in [-0.39, 0.29) is 38.8 Å². The van der Waals surface area contributed by atoms with Crippen LogP contribution in [0.4, 0.5) is 15.5 Å². The van der Waals surface area contributed by atoms with E-state index in [0.29, 0.717) is 34.8 Å². The summed E-state index contributed by atoms with van der Waals surface area (Å²) in [6, 6.07) is 6.54. The average Bonchev–Trinajstić information content (AvgIpc) is 3.39. The summed E-state index contributed by atoms with van der Waals surface area (Å²) in [5.41, 5.74) is -0.500. The largest absolute Gasteiger partial charge is 0.478 e. The van der Waals surface area contributed by atoms with Crippen LogP contribution in [0.5, 0.6) is 0 Å². The number of ether oxygens (including phenoxy) is 2. The number of carbonyl (C=O) groups excluding carboxylic acids is 4. The van der Waals surface area contributed by atoms with Crippen LogP contribution in [0.25, 0.3) is 0 Å². The molecule has 0 spiro atoms. The fourth-order valence-corrected chi connectivity index (χ4v) is 8.14. The van der Waals surface area contributed by atoms with E-state index in [9.17, 15) is 29.1 Å². The van der Waals surface area contributed by atoms with Gasteiger partial charge in [0.05, 0.1) is 55.7 Å². The number of benzene rings is 2. The van der Waals surface area contributed by atoms with Gasteiger partial charge >= 0.3 is 18.0 Å². The lowest BCUT2D eigenvalue weighted by Crippen LogP contribution is -2.39. The molecule has 17 heteroatoms. The van der Waals surface area contributed by atoms with E-state index in [2.05, 4.69) is 10.6 Å². The number of carboxylic acids is 1. The smallest absolute Gasteiger partial charge is 0.410 e. The zero-order chi connectivity index (χ0) is 36.4. The lowest BCUT2D eigenvalue weighted by molar-refractivity contribution is -0.115. The Balaban J connectivity index is 1.53. The summed E-state index contributed by atoms with van der Waals surface area (Å²) in [4.78, 5) is 67.2. The maximum atomic E-state index is 13.6. The van der Waals surface area contributed by atoms with Crippen molar-refractivity contribution in [3.63, 3.8) is 0 Å². The molecule has 0 aliphatic carbocycles. The second-order valence-corrected chi connectivity index (χ2v) is 15.5. The van der Waals surface area contributed by atoms with Gasteiger partial charge in [-0.15, -0.1) is 23.1 Å². The van der Waals surface area contributed by atoms with Crippen molar-refractivity contribution in [3.05, 3.63) is 71.5 Å². The van der Waals surface area contributed by atoms with Crippen LogP contribution >= 0.6 is 69.5 Å². The SMILES string of the molecule is CCC(Sc1cccc(NC(=O)c2c(Cl)c(Cl)c(Cl)c(Cl)c2C(=O)O)c1)C(=O)Nc1sc2c(c1C(=O)OC)CCN(C(=O)OC(C)(C)C)C2. The summed E-state index contributed by atoms with van der Waals surface area (Å²) < 4.78 is 10.5. The Morgan fingerprint density at radius 1 is 1.00 bits per heavy atom. The van der Waals surface area contributed by atoms with Crippen LogP contribution in [0, 0.1) is 0 Å². The second-order valence-electron chi connectivity index (χ2n) is 11.6. The van der Waals surface area contributed by atoms with Crippen LogP contribution in [-0.4, -0.2) is 64.4 Å². The molecule has 0 saturated carbocycles. The van der Waals surface area contributed by atoms with Crippen molar-refractivity contribution in [2.45, 2.75) is 62.8 Å². The summed E-state index contributed by atoms with van der Waals surface area (Å²) in [6.07, 6.45) is 0.310. The number of thiophene rings is 1. The molecule has 3 aromatic rings. The first-order valence-corrected chi connectivity index (χ1v) is 17.9. The lowest BCUT2D eigenvalue weighted by Gasteiger charge is -2.30. The summed E-state index contributed by atoms with van der Waals surface area (Å²) in [5.74, 6) is -3.40. The number of anilines is 2. The number of carbonyl (C=O) groups is 5. The number of halogens is 4. The number of hydrogen-bond donors (Lipinski definition) is 3. The average molecular weight is 792 g/mol. The zero-order valence-corrected chi connectivity index (χ0v) is 31.5. The van der Waals surface area contributed by atoms with Crippen molar-refractivity contribution in [2.75, 3.05) is 24.3 Å². The lowest BCUT2D eigenvalue weighted by atomic mass is 10.0. The van der Waals surface area contributed by atoms with Gasteiger partial charge in [-0.1, -0.05) is 59.4 Å². The van der Waals surface area contributed by atoms with Gasteiger partial charge < -0.3 is 30.1 Å². The molecule has 0 fully saturated rings. The third kappa shape index (κ3) is 8.76. The van der Waals surface area contributed by atoms with Gasteiger partial charge in [0, 0.05) is 22.0 Å². The molecular formula is C32H31Cl4N3O8S2. The molecule has 4 rings (SSSR count). The normalized spacial score (nSPS) is 13.3. The number of esters is 1. The number of aromatic carboxylic acids is 1. The summed E-state index contributed by atoms with van der Waals surface area (Å²) in [7, 11) is 1.26. The van der Waals surface area contributed by atoms with Gasteiger partial charge in [-0.25, -0.2) is 14.4 Å². The molecule has 1 aliphatic rings. The number of amides is 3. The minimum Gasteiger partial charge on any atom is -0.478 e. The van der Waals surface area contributed by atoms with Crippen molar-refractivity contribution >= 4 is 110 Å². The van der Waals surface area contributed by atoms with E-state index in [4.69, 9.17) is 55.9 Å². The summed E-state index contributed by atoms with van der Waals surface area (Å²) >= 11 is 26.8. The van der Waals surface area contributed by atoms with E-state index in [0.717, 1.165) is 4.88 Å². The van der Waals surface area contributed by atoms with Crippen molar-refractivity contribution in [1.82, 2.24) is 4.90 Å². The fraction of sp³-hybridized carbons (Fsp3) is 0.344. The highest BCUT2D eigenvalue weighted by molar-refractivity contribution is 8.00. The molecule has 3 N–H and O–H groups in total. The second kappa shape index (κ2) is 15.8. The highest BCUT2D eigenvalue weighted by Crippen LogP contribution is 2.42. The van der Waals surface area contributed by atoms with Gasteiger partial charge in [-0.3, -0.25) is 9.59 Å². The van der Waals surface area contributed by atoms with E-state index in [1.807, 2.05) is 6.92 Å². The van der Waals surface area contributed by atoms with Crippen LogP contribution in [-0.2, 0) is 27.2 Å². The molecule has 262 valence electrons. The standard InChI is InChI=1S/C32H31Cl4N3O8S2/c1-6-17(26(40)38-28-19(30(44)46-5)16-10-11-39(13-18(16)49-28)31(45)47-32(2,3)4)48-15-9-7-8-14(12-15)37-27(41)20-21(29(42)43)23(34)25(36)24(35)22(20)33/h7-9,12,17H,6,10-11,13H2,1-5H3,(H,37,41)(H,38,40)(H,42,43). The number of methoxy groups -OCH3 is 1. The van der Waals surface area contributed by atoms with Crippen LogP contribution in [0.15, 0.2) is 29.2 Å². The van der Waals surface area contributed by atoms with E-state index in [1.54, 1.807) is 49.9 Å². The number of nitrogens with zero attached hydrogens (tertiary/aromatic N) is 1. The van der Waals surface area contributed by atoms with Crippen LogP contribution in [0.3, 0.4) is 0 Å². The van der Waals surface area contributed by atoms with Crippen molar-refractivity contribution in [3.8, 4) is 0 Å². The topological polar surface area (TPSA) is 151 Å². The third-order valence-corrected chi connectivity index (χ3v) is 11.4. The highest BCUT2D eigenvalue weighted by Gasteiger charge is 2.34. The van der Waals surface area contributed by atoms with Crippen molar-refractivity contribution < 1.29 is 38.6 Å². The molecule has 0 saturated heterocycles. The van der Waals surface area contributed by atoms with E-state index < -0.39 is 50.9 Å². The van der Waals surface area contributed by atoms with Gasteiger partial charge in [0.25, 0.3) is 5.91 Å². The van der Waals surface area contributed by atoms with Crippen LogP contribution in [0.2, 0.25) is 20.1 Å². The predicted octanol–water partition coefficient (Wildman–Crippen LogP) is 8.90. The summed E-state index contributed by atoms with van der Waals surface area (Å²) in [6.45, 7) is 7.72. The third-order valence-electron chi connectivity index (χ3n) is 7.08. The van der Waals surface area contributed by atoms with Gasteiger partial charge in [-0.05, 0) is 57.4 Å². The van der Waals surface area contributed by atoms with E-state index in [1.165, 1.54) is 30.2 Å². The number of carboxylic acid groups (broad SMARTS) is 1. The molecule has 1 atom stereocenters. The molecular weight excluding hydrogens is 760 g/mol. The van der Waals surface area contributed by atoms with E-state index >= 15 is 0 Å². The molecule has 3 amide bonds. The minimum absolute atomic E-state index is 0.215.